The maximum atomic E-state index is 12.9. The van der Waals surface area contributed by atoms with Crippen LogP contribution in [0.3, 0.4) is 0 Å². The van der Waals surface area contributed by atoms with Crippen molar-refractivity contribution in [2.24, 2.45) is 0 Å². The van der Waals surface area contributed by atoms with Crippen LogP contribution in [0.2, 0.25) is 0 Å². The molecule has 0 aliphatic carbocycles. The molecule has 0 bridgehead atoms. The quantitative estimate of drug-likeness (QED) is 0.849. The van der Waals surface area contributed by atoms with Gasteiger partial charge in [0.15, 0.2) is 0 Å². The predicted octanol–water partition coefficient (Wildman–Crippen LogP) is 3.30. The molecule has 4 heteroatoms. The number of benzene rings is 1. The Morgan fingerprint density at radius 1 is 1.53 bits per heavy atom. The fraction of sp³-hybridized carbons (Fsp3) is 0.182. The summed E-state index contributed by atoms with van der Waals surface area (Å²) in [6, 6.07) is 4.39. The van der Waals surface area contributed by atoms with E-state index in [4.69, 9.17) is 5.11 Å². The standard InChI is InChI=1S/C11H9FO2S/c1-2-7-8-4-3-6(12)5-9(8)15-10(7)11(13)14/h3-5H,2H2,1H3,(H,13,14). The molecule has 0 fully saturated rings. The van der Waals surface area contributed by atoms with Crippen molar-refractivity contribution >= 4 is 27.4 Å². The zero-order valence-electron chi connectivity index (χ0n) is 8.08. The smallest absolute Gasteiger partial charge is 0.346 e. The second-order valence-corrected chi connectivity index (χ2v) is 4.26. The average molecular weight is 224 g/mol. The molecular weight excluding hydrogens is 215 g/mol. The average Bonchev–Trinajstić information content (AvgIpc) is 2.55. The molecule has 1 heterocycles. The SMILES string of the molecule is CCc1c(C(=O)O)sc2cc(F)ccc12. The number of carbonyl (C=O) groups is 1. The van der Waals surface area contributed by atoms with E-state index in [1.807, 2.05) is 6.92 Å². The highest BCUT2D eigenvalue weighted by atomic mass is 32.1. The summed E-state index contributed by atoms with van der Waals surface area (Å²) in [7, 11) is 0. The zero-order chi connectivity index (χ0) is 11.0. The first-order valence-electron chi connectivity index (χ1n) is 4.57. The van der Waals surface area contributed by atoms with E-state index in [1.165, 1.54) is 12.1 Å². The zero-order valence-corrected chi connectivity index (χ0v) is 8.90. The second-order valence-electron chi connectivity index (χ2n) is 3.21. The number of carboxylic acid groups (broad SMARTS) is 1. The first kappa shape index (κ1) is 10.1. The Morgan fingerprint density at radius 2 is 2.27 bits per heavy atom. The number of rotatable bonds is 2. The number of aromatic carboxylic acids is 1. The van der Waals surface area contributed by atoms with Crippen molar-refractivity contribution in [3.05, 3.63) is 34.5 Å². The van der Waals surface area contributed by atoms with Gasteiger partial charge in [0.2, 0.25) is 0 Å². The van der Waals surface area contributed by atoms with Gasteiger partial charge >= 0.3 is 5.97 Å². The van der Waals surface area contributed by atoms with Gasteiger partial charge in [-0.05, 0) is 29.5 Å². The summed E-state index contributed by atoms with van der Waals surface area (Å²) < 4.78 is 13.6. The Bertz CT molecular complexity index is 531. The number of carboxylic acids is 1. The summed E-state index contributed by atoms with van der Waals surface area (Å²) in [5.74, 6) is -1.27. The van der Waals surface area contributed by atoms with Gasteiger partial charge in [-0.3, -0.25) is 0 Å². The van der Waals surface area contributed by atoms with E-state index in [0.717, 1.165) is 22.3 Å². The van der Waals surface area contributed by atoms with Gasteiger partial charge in [-0.1, -0.05) is 13.0 Å². The summed E-state index contributed by atoms with van der Waals surface area (Å²) in [6.07, 6.45) is 0.646. The fourth-order valence-corrected chi connectivity index (χ4v) is 2.80. The van der Waals surface area contributed by atoms with Crippen LogP contribution in [0.1, 0.15) is 22.2 Å². The van der Waals surface area contributed by atoms with Crippen molar-refractivity contribution in [2.45, 2.75) is 13.3 Å². The van der Waals surface area contributed by atoms with E-state index in [2.05, 4.69) is 0 Å². The van der Waals surface area contributed by atoms with Crippen molar-refractivity contribution in [2.75, 3.05) is 0 Å². The fourth-order valence-electron chi connectivity index (χ4n) is 1.65. The molecule has 0 saturated carbocycles. The molecule has 2 nitrogen and oxygen atoms in total. The van der Waals surface area contributed by atoms with Crippen molar-refractivity contribution in [3.8, 4) is 0 Å². The Morgan fingerprint density at radius 3 is 2.87 bits per heavy atom. The third kappa shape index (κ3) is 1.61. The molecule has 0 saturated heterocycles. The first-order chi connectivity index (χ1) is 7.13. The van der Waals surface area contributed by atoms with E-state index >= 15 is 0 Å². The molecule has 1 aromatic heterocycles. The maximum Gasteiger partial charge on any atom is 0.346 e. The van der Waals surface area contributed by atoms with E-state index in [-0.39, 0.29) is 5.82 Å². The molecule has 1 N–H and O–H groups in total. The van der Waals surface area contributed by atoms with Crippen molar-refractivity contribution in [1.82, 2.24) is 0 Å². The number of thiophene rings is 1. The third-order valence-corrected chi connectivity index (χ3v) is 3.49. The van der Waals surface area contributed by atoms with Gasteiger partial charge < -0.3 is 5.11 Å². The van der Waals surface area contributed by atoms with E-state index < -0.39 is 5.97 Å². The third-order valence-electron chi connectivity index (χ3n) is 2.30. The van der Waals surface area contributed by atoms with Gasteiger partial charge in [-0.2, -0.15) is 0 Å². The van der Waals surface area contributed by atoms with Gasteiger partial charge in [0, 0.05) is 4.70 Å². The Balaban J connectivity index is 2.78. The van der Waals surface area contributed by atoms with Crippen LogP contribution in [0.4, 0.5) is 4.39 Å². The molecule has 15 heavy (non-hydrogen) atoms. The highest BCUT2D eigenvalue weighted by Gasteiger charge is 2.16. The molecule has 0 aliphatic rings. The lowest BCUT2D eigenvalue weighted by Gasteiger charge is -1.95. The molecule has 0 aliphatic heterocycles. The van der Waals surface area contributed by atoms with Crippen LogP contribution in [0.25, 0.3) is 10.1 Å². The van der Waals surface area contributed by atoms with Crippen molar-refractivity contribution in [1.29, 1.82) is 0 Å². The summed E-state index contributed by atoms with van der Waals surface area (Å²) in [6.45, 7) is 1.90. The molecule has 0 radical (unpaired) electrons. The number of halogens is 1. The Hall–Kier alpha value is -1.42. The van der Waals surface area contributed by atoms with Crippen LogP contribution in [-0.2, 0) is 6.42 Å². The van der Waals surface area contributed by atoms with Gasteiger partial charge in [-0.15, -0.1) is 11.3 Å². The van der Waals surface area contributed by atoms with E-state index in [9.17, 15) is 9.18 Å². The largest absolute Gasteiger partial charge is 0.477 e. The molecule has 2 rings (SSSR count). The molecular formula is C11H9FO2S. The summed E-state index contributed by atoms with van der Waals surface area (Å²) in [5.41, 5.74) is 0.794. The molecule has 0 amide bonds. The minimum absolute atomic E-state index is 0.318. The van der Waals surface area contributed by atoms with Gasteiger partial charge in [0.05, 0.1) is 0 Å². The number of aryl methyl sites for hydroxylation is 1. The lowest BCUT2D eigenvalue weighted by Crippen LogP contribution is -1.96. The minimum Gasteiger partial charge on any atom is -0.477 e. The second kappa shape index (κ2) is 3.62. The van der Waals surface area contributed by atoms with Crippen LogP contribution in [0, 0.1) is 5.82 Å². The van der Waals surface area contributed by atoms with Gasteiger partial charge in [0.1, 0.15) is 10.7 Å². The number of fused-ring (bicyclic) bond motifs is 1. The normalized spacial score (nSPS) is 10.8. The molecule has 1 aromatic carbocycles. The van der Waals surface area contributed by atoms with Crippen LogP contribution in [-0.4, -0.2) is 11.1 Å². The molecule has 78 valence electrons. The van der Waals surface area contributed by atoms with E-state index in [1.54, 1.807) is 6.07 Å². The first-order valence-corrected chi connectivity index (χ1v) is 5.39. The lowest BCUT2D eigenvalue weighted by molar-refractivity contribution is 0.0701. The highest BCUT2D eigenvalue weighted by molar-refractivity contribution is 7.21. The lowest BCUT2D eigenvalue weighted by atomic mass is 10.1. The highest BCUT2D eigenvalue weighted by Crippen LogP contribution is 2.32. The molecule has 0 atom stereocenters. The Labute approximate surface area is 90.0 Å². The molecule has 0 unspecified atom stereocenters. The number of hydrogen-bond acceptors (Lipinski definition) is 2. The van der Waals surface area contributed by atoms with E-state index in [0.29, 0.717) is 16.0 Å². The minimum atomic E-state index is -0.937. The van der Waals surface area contributed by atoms with Crippen LogP contribution >= 0.6 is 11.3 Å². The maximum absolute atomic E-state index is 12.9. The summed E-state index contributed by atoms with van der Waals surface area (Å²) >= 11 is 1.13. The van der Waals surface area contributed by atoms with Gasteiger partial charge in [0.25, 0.3) is 0 Å². The molecule has 0 spiro atoms. The van der Waals surface area contributed by atoms with Crippen molar-refractivity contribution in [3.63, 3.8) is 0 Å². The summed E-state index contributed by atoms with van der Waals surface area (Å²) in [5, 5.41) is 9.83. The molecule has 2 aromatic rings. The topological polar surface area (TPSA) is 37.3 Å². The van der Waals surface area contributed by atoms with Crippen LogP contribution < -0.4 is 0 Å². The monoisotopic (exact) mass is 224 g/mol. The predicted molar refractivity (Wildman–Crippen MR) is 58.1 cm³/mol. The van der Waals surface area contributed by atoms with Crippen molar-refractivity contribution < 1.29 is 14.3 Å². The summed E-state index contributed by atoms with van der Waals surface area (Å²) in [4.78, 5) is 11.3. The van der Waals surface area contributed by atoms with Crippen LogP contribution in [0.5, 0.6) is 0 Å². The Kier molecular flexibility index (Phi) is 2.44. The van der Waals surface area contributed by atoms with Crippen LogP contribution in [0.15, 0.2) is 18.2 Å². The number of hydrogen-bond donors (Lipinski definition) is 1. The van der Waals surface area contributed by atoms with Gasteiger partial charge in [-0.25, -0.2) is 9.18 Å².